The molecule has 0 aromatic carbocycles. The third-order valence-corrected chi connectivity index (χ3v) is 14.2. The molecular weight excluding hydrogens is 843 g/mol. The Morgan fingerprint density at radius 2 is 1.65 bits per heavy atom. The van der Waals surface area contributed by atoms with E-state index < -0.39 is 78.6 Å². The summed E-state index contributed by atoms with van der Waals surface area (Å²) in [5.41, 5.74) is 2.07. The number of halogens is 1. The molecule has 0 radical (unpaired) electrons. The molecule has 0 amide bonds. The Balaban J connectivity index is 1.24. The lowest BCUT2D eigenvalue weighted by molar-refractivity contribution is -0.208. The summed E-state index contributed by atoms with van der Waals surface area (Å²) in [6, 6.07) is 0. The average Bonchev–Trinajstić information content (AvgIpc) is 3.70. The monoisotopic (exact) mass is 910 g/mol. The second kappa shape index (κ2) is 21.4. The molecule has 19 atom stereocenters. The standard InChI is InChI=1S/C41H67IO12S/c1-21-14-27(9-10-32-22(2)15-26(51-32)6-5-13-43)52-33(23(21)3)19-34-36(40(50-4)35(54-34)17-25(45)20-44)41(55)31(47)18-28-8-7-24-16-29(30(46)11-12-42)37(48)38(49)39(24)53-28/h11-12,21,24-41,43-49,55H,2-3,5-10,13-20H2,1,4H3/b12-11+/t21?,24-,25?,26?,27?,28-,29?,30?,31?,32+,33?,34+,35-,36?,37-,38-,39?,40+,41?/m1/s1. The van der Waals surface area contributed by atoms with Crippen molar-refractivity contribution >= 4 is 35.2 Å². The number of ether oxygens (including phenoxy) is 5. The highest BCUT2D eigenvalue weighted by atomic mass is 127. The van der Waals surface area contributed by atoms with E-state index in [2.05, 4.69) is 20.1 Å². The molecule has 55 heavy (non-hydrogen) atoms. The third-order valence-electron chi connectivity index (χ3n) is 13.1. The molecule has 4 aliphatic heterocycles. The van der Waals surface area contributed by atoms with Crippen LogP contribution in [0.25, 0.3) is 0 Å². The second-order valence-electron chi connectivity index (χ2n) is 16.9. The predicted octanol–water partition coefficient (Wildman–Crippen LogP) is 3.40. The molecule has 0 spiro atoms. The lowest BCUT2D eigenvalue weighted by Gasteiger charge is -2.48. The molecular formula is C41H67IO12S. The van der Waals surface area contributed by atoms with Gasteiger partial charge in [0.15, 0.2) is 0 Å². The van der Waals surface area contributed by atoms with Crippen LogP contribution in [0.1, 0.15) is 84.0 Å². The molecule has 12 nitrogen and oxygen atoms in total. The molecule has 5 rings (SSSR count). The Labute approximate surface area is 346 Å². The van der Waals surface area contributed by atoms with E-state index in [1.54, 1.807) is 17.3 Å². The van der Waals surface area contributed by atoms with Gasteiger partial charge in [-0.25, -0.2) is 0 Å². The number of hydrogen-bond acceptors (Lipinski definition) is 13. The molecule has 1 aliphatic carbocycles. The van der Waals surface area contributed by atoms with Gasteiger partial charge in [-0.05, 0) is 90.9 Å². The highest BCUT2D eigenvalue weighted by Crippen LogP contribution is 2.45. The van der Waals surface area contributed by atoms with Crippen LogP contribution in [-0.2, 0) is 23.7 Å². The van der Waals surface area contributed by atoms with Crippen molar-refractivity contribution in [2.24, 2.45) is 23.7 Å². The minimum Gasteiger partial charge on any atom is -0.396 e. The Hall–Kier alpha value is -0.180. The molecule has 7 N–H and O–H groups in total. The zero-order chi connectivity index (χ0) is 40.0. The number of rotatable bonds is 18. The van der Waals surface area contributed by atoms with Crippen molar-refractivity contribution in [3.63, 3.8) is 0 Å². The first-order valence-electron chi connectivity index (χ1n) is 20.4. The van der Waals surface area contributed by atoms with Gasteiger partial charge < -0.3 is 59.4 Å². The summed E-state index contributed by atoms with van der Waals surface area (Å²) in [6.07, 6.45) is 1.17. The molecule has 4 heterocycles. The van der Waals surface area contributed by atoms with Gasteiger partial charge in [-0.1, -0.05) is 42.7 Å². The smallest absolute Gasteiger partial charge is 0.107 e. The summed E-state index contributed by atoms with van der Waals surface area (Å²) >= 11 is 7.04. The van der Waals surface area contributed by atoms with Crippen molar-refractivity contribution in [3.05, 3.63) is 34.5 Å². The van der Waals surface area contributed by atoms with Crippen molar-refractivity contribution in [3.8, 4) is 0 Å². The summed E-state index contributed by atoms with van der Waals surface area (Å²) in [5.74, 6) is -0.725. The summed E-state index contributed by atoms with van der Waals surface area (Å²) in [5, 5.41) is 73.0. The maximum absolute atomic E-state index is 11.8. The number of methoxy groups -OCH3 is 1. The van der Waals surface area contributed by atoms with Crippen LogP contribution in [-0.4, -0.2) is 147 Å². The Kier molecular flexibility index (Phi) is 17.8. The number of thiol groups is 1. The normalized spacial score (nSPS) is 42.1. The Bertz CT molecular complexity index is 1260. The minimum atomic E-state index is -1.16. The first kappa shape index (κ1) is 45.9. The quantitative estimate of drug-likeness (QED) is 0.0571. The van der Waals surface area contributed by atoms with Gasteiger partial charge >= 0.3 is 0 Å². The molecule has 316 valence electrons. The maximum atomic E-state index is 11.8. The van der Waals surface area contributed by atoms with Crippen LogP contribution >= 0.6 is 35.2 Å². The molecule has 1 saturated carbocycles. The fourth-order valence-corrected chi connectivity index (χ4v) is 10.9. The molecule has 14 heteroatoms. The zero-order valence-electron chi connectivity index (χ0n) is 32.4. The van der Waals surface area contributed by atoms with Gasteiger partial charge in [0.2, 0.25) is 0 Å². The predicted molar refractivity (Wildman–Crippen MR) is 219 cm³/mol. The Morgan fingerprint density at radius 1 is 0.909 bits per heavy atom. The first-order chi connectivity index (χ1) is 26.3. The van der Waals surface area contributed by atoms with Crippen LogP contribution in [0.4, 0.5) is 0 Å². The number of fused-ring (bicyclic) bond motifs is 1. The highest BCUT2D eigenvalue weighted by Gasteiger charge is 2.52. The summed E-state index contributed by atoms with van der Waals surface area (Å²) in [6.45, 7) is 10.6. The van der Waals surface area contributed by atoms with Crippen LogP contribution in [0.5, 0.6) is 0 Å². The van der Waals surface area contributed by atoms with Crippen molar-refractivity contribution in [1.29, 1.82) is 0 Å². The Morgan fingerprint density at radius 3 is 2.35 bits per heavy atom. The lowest BCUT2D eigenvalue weighted by Crippen LogP contribution is -2.57. The third kappa shape index (κ3) is 11.4. The van der Waals surface area contributed by atoms with E-state index in [-0.39, 0.29) is 61.8 Å². The van der Waals surface area contributed by atoms with Crippen LogP contribution in [0.15, 0.2) is 34.5 Å². The van der Waals surface area contributed by atoms with E-state index in [1.165, 1.54) is 0 Å². The fraction of sp³-hybridized carbons (Fsp3) is 0.854. The number of hydrogen-bond donors (Lipinski definition) is 8. The van der Waals surface area contributed by atoms with Crippen molar-refractivity contribution in [2.75, 3.05) is 20.3 Å². The van der Waals surface area contributed by atoms with Crippen LogP contribution in [0, 0.1) is 23.7 Å². The molecule has 5 aliphatic rings. The highest BCUT2D eigenvalue weighted by molar-refractivity contribution is 14.1. The van der Waals surface area contributed by atoms with Gasteiger partial charge in [0, 0.05) is 50.1 Å². The van der Waals surface area contributed by atoms with Crippen LogP contribution in [0.2, 0.25) is 0 Å². The largest absolute Gasteiger partial charge is 0.396 e. The van der Waals surface area contributed by atoms with Crippen LogP contribution in [0.3, 0.4) is 0 Å². The van der Waals surface area contributed by atoms with Gasteiger partial charge in [0.1, 0.15) is 6.10 Å². The number of aliphatic hydroxyl groups excluding tert-OH is 7. The first-order valence-corrected chi connectivity index (χ1v) is 22.1. The SMILES string of the molecule is C=C1C(C)CC(CC[C@@H]2OC(CCCO)CC2=C)OC1C[C@@H]1O[C@H](CC(O)CO)[C@H](OC)C1C(S)C(O)C[C@H]1CC[C@@H]2CC(C(O)/C=C/I)[C@@H](O)[C@@H](O)C2O1. The molecule has 0 aromatic heterocycles. The summed E-state index contributed by atoms with van der Waals surface area (Å²) in [4.78, 5) is 0. The number of aliphatic hydroxyl groups is 7. The van der Waals surface area contributed by atoms with Crippen molar-refractivity contribution in [2.45, 2.75) is 175 Å². The molecule has 5 fully saturated rings. The van der Waals surface area contributed by atoms with E-state index in [1.807, 2.05) is 22.6 Å². The van der Waals surface area contributed by atoms with Crippen LogP contribution < -0.4 is 0 Å². The average molecular weight is 911 g/mol. The van der Waals surface area contributed by atoms with Gasteiger partial charge in [0.05, 0.1) is 86.0 Å². The topological polar surface area (TPSA) is 188 Å². The van der Waals surface area contributed by atoms with Gasteiger partial charge in [-0.15, -0.1) is 0 Å². The molecule has 4 saturated heterocycles. The van der Waals surface area contributed by atoms with E-state index in [9.17, 15) is 35.7 Å². The summed E-state index contributed by atoms with van der Waals surface area (Å²) in [7, 11) is 1.58. The van der Waals surface area contributed by atoms with E-state index in [4.69, 9.17) is 36.3 Å². The fourth-order valence-electron chi connectivity index (χ4n) is 9.97. The molecule has 11 unspecified atom stereocenters. The van der Waals surface area contributed by atoms with Gasteiger partial charge in [0.25, 0.3) is 0 Å². The lowest BCUT2D eigenvalue weighted by atomic mass is 9.70. The van der Waals surface area contributed by atoms with Crippen molar-refractivity contribution in [1.82, 2.24) is 0 Å². The minimum absolute atomic E-state index is 0.0249. The maximum Gasteiger partial charge on any atom is 0.107 e. The van der Waals surface area contributed by atoms with Crippen molar-refractivity contribution < 1.29 is 59.4 Å². The van der Waals surface area contributed by atoms with Gasteiger partial charge in [-0.2, -0.15) is 12.6 Å². The molecule has 0 aromatic rings. The van der Waals surface area contributed by atoms with E-state index in [0.717, 1.165) is 49.7 Å². The summed E-state index contributed by atoms with van der Waals surface area (Å²) < 4.78 is 33.7. The van der Waals surface area contributed by atoms with Gasteiger partial charge in [-0.3, -0.25) is 0 Å². The van der Waals surface area contributed by atoms with E-state index in [0.29, 0.717) is 25.7 Å². The second-order valence-corrected chi connectivity index (χ2v) is 18.2. The van der Waals surface area contributed by atoms with E-state index >= 15 is 0 Å². The molecule has 0 bridgehead atoms. The zero-order valence-corrected chi connectivity index (χ0v) is 35.5.